The predicted octanol–water partition coefficient (Wildman–Crippen LogP) is 3.06. The van der Waals surface area contributed by atoms with E-state index in [2.05, 4.69) is 5.10 Å². The molecule has 1 aromatic heterocycles. The fraction of sp³-hybridized carbons (Fsp3) is 0.474. The number of aromatic nitrogens is 2. The van der Waals surface area contributed by atoms with Gasteiger partial charge in [-0.1, -0.05) is 17.7 Å². The summed E-state index contributed by atoms with van der Waals surface area (Å²) in [5.41, 5.74) is 2.31. The molecule has 0 aliphatic carbocycles. The molecule has 0 radical (unpaired) electrons. The molecule has 0 saturated carbocycles. The van der Waals surface area contributed by atoms with E-state index in [0.717, 1.165) is 24.2 Å². The summed E-state index contributed by atoms with van der Waals surface area (Å²) in [7, 11) is 0. The third-order valence-corrected chi connectivity index (χ3v) is 5.39. The van der Waals surface area contributed by atoms with E-state index in [-0.39, 0.29) is 12.2 Å². The molecule has 26 heavy (non-hydrogen) atoms. The van der Waals surface area contributed by atoms with Crippen molar-refractivity contribution in [2.75, 3.05) is 26.3 Å². The largest absolute Gasteiger partial charge is 0.350 e. The van der Waals surface area contributed by atoms with Crippen LogP contribution in [0.25, 0.3) is 5.69 Å². The number of carbonyl (C=O) groups is 1. The van der Waals surface area contributed by atoms with Gasteiger partial charge in [0.2, 0.25) is 0 Å². The lowest BCUT2D eigenvalue weighted by molar-refractivity contribution is -0.0956. The average Bonchev–Trinajstić information content (AvgIpc) is 3.31. The molecule has 0 N–H and O–H groups in total. The smallest absolute Gasteiger partial charge is 0.257 e. The van der Waals surface area contributed by atoms with Gasteiger partial charge in [-0.2, -0.15) is 5.10 Å². The van der Waals surface area contributed by atoms with Crippen LogP contribution in [0.5, 0.6) is 0 Å². The number of nitrogens with zero attached hydrogens (tertiary/aromatic N) is 3. The van der Waals surface area contributed by atoms with Gasteiger partial charge in [-0.3, -0.25) is 4.79 Å². The Bertz CT molecular complexity index is 793. The highest BCUT2D eigenvalue weighted by Crippen LogP contribution is 2.27. The summed E-state index contributed by atoms with van der Waals surface area (Å²) in [5, 5.41) is 5.03. The summed E-state index contributed by atoms with van der Waals surface area (Å²) in [4.78, 5) is 14.8. The van der Waals surface area contributed by atoms with Crippen molar-refractivity contribution in [2.45, 2.75) is 26.1 Å². The number of likely N-dealkylation sites (tertiary alicyclic amines) is 1. The van der Waals surface area contributed by atoms with E-state index in [9.17, 15) is 4.79 Å². The number of hydrogen-bond donors (Lipinski definition) is 0. The standard InChI is InChI=1S/C19H22ClN3O3/c1-13-17(12-21-23(13)16-4-2-3-15(20)11-16)18(24)22-7-5-14(6-8-22)19-25-9-10-26-19/h2-4,11-12,14,19H,5-10H2,1H3. The van der Waals surface area contributed by atoms with Crippen LogP contribution < -0.4 is 0 Å². The molecule has 2 fully saturated rings. The summed E-state index contributed by atoms with van der Waals surface area (Å²) >= 11 is 6.07. The quantitative estimate of drug-likeness (QED) is 0.827. The molecule has 0 unspecified atom stereocenters. The van der Waals surface area contributed by atoms with Gasteiger partial charge >= 0.3 is 0 Å². The van der Waals surface area contributed by atoms with E-state index < -0.39 is 0 Å². The Morgan fingerprint density at radius 1 is 1.23 bits per heavy atom. The first-order valence-corrected chi connectivity index (χ1v) is 9.34. The Hall–Kier alpha value is -1.89. The van der Waals surface area contributed by atoms with E-state index in [0.29, 0.717) is 42.8 Å². The monoisotopic (exact) mass is 375 g/mol. The molecule has 7 heteroatoms. The minimum Gasteiger partial charge on any atom is -0.350 e. The van der Waals surface area contributed by atoms with Crippen molar-refractivity contribution in [3.8, 4) is 5.69 Å². The number of halogens is 1. The fourth-order valence-corrected chi connectivity index (χ4v) is 3.87. The van der Waals surface area contributed by atoms with Gasteiger partial charge in [-0.05, 0) is 38.0 Å². The zero-order valence-electron chi connectivity index (χ0n) is 14.7. The predicted molar refractivity (Wildman–Crippen MR) is 97.6 cm³/mol. The Labute approximate surface area is 157 Å². The first kappa shape index (κ1) is 17.5. The van der Waals surface area contributed by atoms with Crippen molar-refractivity contribution in [3.63, 3.8) is 0 Å². The third kappa shape index (κ3) is 3.37. The summed E-state index contributed by atoms with van der Waals surface area (Å²) in [6.45, 7) is 4.69. The van der Waals surface area contributed by atoms with Gasteiger partial charge < -0.3 is 14.4 Å². The Morgan fingerprint density at radius 3 is 2.65 bits per heavy atom. The zero-order valence-corrected chi connectivity index (χ0v) is 15.5. The number of rotatable bonds is 3. The number of benzene rings is 1. The van der Waals surface area contributed by atoms with Gasteiger partial charge in [0.1, 0.15) is 0 Å². The van der Waals surface area contributed by atoms with Gasteiger partial charge in [0, 0.05) is 24.0 Å². The van der Waals surface area contributed by atoms with Crippen LogP contribution in [0.15, 0.2) is 30.5 Å². The first-order chi connectivity index (χ1) is 12.6. The van der Waals surface area contributed by atoms with Crippen LogP contribution in [0, 0.1) is 12.8 Å². The molecule has 3 heterocycles. The summed E-state index contributed by atoms with van der Waals surface area (Å²) < 4.78 is 13.0. The van der Waals surface area contributed by atoms with E-state index >= 15 is 0 Å². The highest BCUT2D eigenvalue weighted by molar-refractivity contribution is 6.30. The molecule has 6 nitrogen and oxygen atoms in total. The molecule has 2 aromatic rings. The van der Waals surface area contributed by atoms with Gasteiger partial charge in [-0.25, -0.2) is 4.68 Å². The maximum atomic E-state index is 12.9. The number of piperidine rings is 1. The van der Waals surface area contributed by atoms with Crippen LogP contribution in [-0.4, -0.2) is 53.2 Å². The molecule has 0 atom stereocenters. The highest BCUT2D eigenvalue weighted by atomic mass is 35.5. The summed E-state index contributed by atoms with van der Waals surface area (Å²) in [6.07, 6.45) is 3.35. The van der Waals surface area contributed by atoms with Crippen molar-refractivity contribution in [1.29, 1.82) is 0 Å². The molecule has 2 aliphatic heterocycles. The Morgan fingerprint density at radius 2 is 1.96 bits per heavy atom. The van der Waals surface area contributed by atoms with Crippen LogP contribution in [0.4, 0.5) is 0 Å². The Balaban J connectivity index is 1.46. The topological polar surface area (TPSA) is 56.6 Å². The molecule has 0 bridgehead atoms. The molecule has 2 aliphatic rings. The van der Waals surface area contributed by atoms with Gasteiger partial charge in [0.05, 0.1) is 36.4 Å². The van der Waals surface area contributed by atoms with E-state index in [1.807, 2.05) is 36.1 Å². The average molecular weight is 376 g/mol. The second kappa shape index (κ2) is 7.39. The summed E-state index contributed by atoms with van der Waals surface area (Å²) in [6, 6.07) is 7.45. The van der Waals surface area contributed by atoms with Crippen molar-refractivity contribution in [2.24, 2.45) is 5.92 Å². The molecule has 1 aromatic carbocycles. The van der Waals surface area contributed by atoms with Gasteiger partial charge in [0.25, 0.3) is 5.91 Å². The Kier molecular flexibility index (Phi) is 4.98. The van der Waals surface area contributed by atoms with E-state index in [1.165, 1.54) is 0 Å². The molecule has 1 amide bonds. The molecular weight excluding hydrogens is 354 g/mol. The van der Waals surface area contributed by atoms with Crippen LogP contribution in [0.1, 0.15) is 28.9 Å². The van der Waals surface area contributed by atoms with Crippen molar-refractivity contribution in [1.82, 2.24) is 14.7 Å². The maximum absolute atomic E-state index is 12.9. The fourth-order valence-electron chi connectivity index (χ4n) is 3.68. The molecule has 4 rings (SSSR count). The highest BCUT2D eigenvalue weighted by Gasteiger charge is 2.32. The number of carbonyl (C=O) groups excluding carboxylic acids is 1. The molecule has 2 saturated heterocycles. The first-order valence-electron chi connectivity index (χ1n) is 8.96. The number of ether oxygens (including phenoxy) is 2. The maximum Gasteiger partial charge on any atom is 0.257 e. The molecule has 138 valence electrons. The third-order valence-electron chi connectivity index (χ3n) is 5.15. The lowest BCUT2D eigenvalue weighted by Gasteiger charge is -2.33. The second-order valence-electron chi connectivity index (χ2n) is 6.77. The van der Waals surface area contributed by atoms with Crippen molar-refractivity contribution >= 4 is 17.5 Å². The molecular formula is C19H22ClN3O3. The van der Waals surface area contributed by atoms with Crippen LogP contribution in [-0.2, 0) is 9.47 Å². The molecule has 0 spiro atoms. The summed E-state index contributed by atoms with van der Waals surface area (Å²) in [5.74, 6) is 0.402. The van der Waals surface area contributed by atoms with E-state index in [1.54, 1.807) is 10.9 Å². The number of hydrogen-bond acceptors (Lipinski definition) is 4. The minimum absolute atomic E-state index is 0.0301. The second-order valence-corrected chi connectivity index (χ2v) is 7.21. The SMILES string of the molecule is Cc1c(C(=O)N2CCC(C3OCCO3)CC2)cnn1-c1cccc(Cl)c1. The minimum atomic E-state index is -0.0976. The number of amides is 1. The zero-order chi connectivity index (χ0) is 18.1. The lowest BCUT2D eigenvalue weighted by atomic mass is 9.95. The van der Waals surface area contributed by atoms with Gasteiger partial charge in [-0.15, -0.1) is 0 Å². The van der Waals surface area contributed by atoms with Crippen molar-refractivity contribution < 1.29 is 14.3 Å². The van der Waals surface area contributed by atoms with Crippen LogP contribution in [0.2, 0.25) is 5.02 Å². The van der Waals surface area contributed by atoms with E-state index in [4.69, 9.17) is 21.1 Å². The van der Waals surface area contributed by atoms with Crippen LogP contribution >= 0.6 is 11.6 Å². The normalized spacial score (nSPS) is 19.2. The van der Waals surface area contributed by atoms with Crippen LogP contribution in [0.3, 0.4) is 0 Å². The lowest BCUT2D eigenvalue weighted by Crippen LogP contribution is -2.41. The van der Waals surface area contributed by atoms with Crippen molar-refractivity contribution in [3.05, 3.63) is 46.7 Å². The van der Waals surface area contributed by atoms with Gasteiger partial charge in [0.15, 0.2) is 6.29 Å².